The Morgan fingerprint density at radius 3 is 1.41 bits per heavy atom. The lowest BCUT2D eigenvalue weighted by Crippen LogP contribution is -2.18. The molecule has 0 saturated carbocycles. The van der Waals surface area contributed by atoms with Gasteiger partial charge in [-0.2, -0.15) is 0 Å². The predicted octanol–water partition coefficient (Wildman–Crippen LogP) is 10.9. The molecule has 0 spiro atoms. The highest BCUT2D eigenvalue weighted by Crippen LogP contribution is 2.38. The average Bonchev–Trinajstić information content (AvgIpc) is 2.88. The zero-order valence-corrected chi connectivity index (χ0v) is 28.3. The minimum Gasteiger partial charge on any atom is -0.403 e. The Bertz CT molecular complexity index is 1390. The average molecular weight is 982 g/mol. The van der Waals surface area contributed by atoms with Gasteiger partial charge in [0, 0.05) is 50.2 Å². The van der Waals surface area contributed by atoms with Crippen LogP contribution in [0.25, 0.3) is 0 Å². The van der Waals surface area contributed by atoms with Gasteiger partial charge >= 0.3 is 19.1 Å². The molecule has 0 atom stereocenters. The minimum absolute atomic E-state index is 0.00276. The minimum atomic E-state index is -4.95. The number of hydrogen-bond donors (Lipinski definition) is 3. The smallest absolute Gasteiger partial charge is 0.403 e. The van der Waals surface area contributed by atoms with Gasteiger partial charge in [-0.3, -0.25) is 0 Å². The molecule has 0 amide bonds. The van der Waals surface area contributed by atoms with Crippen LogP contribution in [-0.2, 0) is 0 Å². The molecule has 248 valence electrons. The summed E-state index contributed by atoms with van der Waals surface area (Å²) in [7, 11) is 0. The number of nitrogens with two attached hydrogens (primary N) is 3. The van der Waals surface area contributed by atoms with E-state index in [4.69, 9.17) is 17.2 Å². The monoisotopic (exact) mass is 977 g/mol. The van der Waals surface area contributed by atoms with Crippen molar-refractivity contribution >= 4 is 93.1 Å². The van der Waals surface area contributed by atoms with Crippen LogP contribution in [0.4, 0.5) is 69.7 Å². The fraction of sp³-hybridized carbons (Fsp3) is 0.143. The van der Waals surface area contributed by atoms with Crippen molar-refractivity contribution in [2.75, 3.05) is 17.2 Å². The van der Waals surface area contributed by atoms with Crippen molar-refractivity contribution in [3.05, 3.63) is 67.3 Å². The van der Waals surface area contributed by atoms with Crippen molar-refractivity contribution in [3.63, 3.8) is 0 Å². The molecular weight excluding hydrogens is 970 g/mol. The fourth-order valence-corrected chi connectivity index (χ4v) is 3.67. The summed E-state index contributed by atoms with van der Waals surface area (Å²) in [6.07, 6.45) is -14.8. The van der Waals surface area contributed by atoms with E-state index in [-0.39, 0.29) is 30.5 Å². The molecule has 0 bridgehead atoms. The molecule has 0 heterocycles. The highest BCUT2D eigenvalue weighted by atomic mass is 80.9. The van der Waals surface area contributed by atoms with Crippen LogP contribution < -0.4 is 31.4 Å². The standard InChI is InChI=1S/C7H3Br2F4NO.C7H4BrF4NO.C7H5F4NO.Br2/c8-2-1-3(15-7(11,12)13)5(10)4(9)6(2)14;8-5-3(13)1-2-4(6(5)9)14-7(10,11)12;8-5-3-4(12)1-2-6(5)13-7(9,10)11;1-2/h1H,14H2;1-2H,13H2;1-3H,12H2;. The van der Waals surface area contributed by atoms with E-state index in [1.165, 1.54) is 0 Å². The van der Waals surface area contributed by atoms with Gasteiger partial charge in [0.25, 0.3) is 0 Å². The number of ether oxygens (including phenoxy) is 3. The summed E-state index contributed by atoms with van der Waals surface area (Å²) < 4.78 is 154. The lowest BCUT2D eigenvalue weighted by atomic mass is 10.3. The van der Waals surface area contributed by atoms with E-state index < -0.39 is 53.8 Å². The topological polar surface area (TPSA) is 106 Å². The first-order chi connectivity index (χ1) is 19.9. The molecule has 6 nitrogen and oxygen atoms in total. The third-order valence-corrected chi connectivity index (χ3v) is 6.11. The Morgan fingerprint density at radius 1 is 0.545 bits per heavy atom. The van der Waals surface area contributed by atoms with Crippen molar-refractivity contribution in [3.8, 4) is 17.2 Å². The van der Waals surface area contributed by atoms with Crippen LogP contribution in [0.2, 0.25) is 0 Å². The summed E-state index contributed by atoms with van der Waals surface area (Å²) in [5, 5.41) is 0. The molecular formula is C21H12Br5F12N3O3. The van der Waals surface area contributed by atoms with Crippen molar-refractivity contribution in [1.82, 2.24) is 0 Å². The molecule has 0 aliphatic carbocycles. The maximum absolute atomic E-state index is 13.2. The van der Waals surface area contributed by atoms with Crippen LogP contribution in [0.3, 0.4) is 0 Å². The Labute approximate surface area is 279 Å². The predicted molar refractivity (Wildman–Crippen MR) is 153 cm³/mol. The van der Waals surface area contributed by atoms with Gasteiger partial charge in [0.05, 0.1) is 14.6 Å². The molecule has 0 radical (unpaired) electrons. The molecule has 3 rings (SSSR count). The van der Waals surface area contributed by atoms with Gasteiger partial charge in [-0.25, -0.2) is 13.2 Å². The van der Waals surface area contributed by atoms with Crippen molar-refractivity contribution in [2.45, 2.75) is 19.1 Å². The molecule has 0 fully saturated rings. The largest absolute Gasteiger partial charge is 0.573 e. The third-order valence-electron chi connectivity index (χ3n) is 3.87. The molecule has 6 N–H and O–H groups in total. The van der Waals surface area contributed by atoms with E-state index in [1.807, 2.05) is 0 Å². The van der Waals surface area contributed by atoms with E-state index in [0.717, 1.165) is 36.4 Å². The fourth-order valence-electron chi connectivity index (χ4n) is 2.26. The Hall–Kier alpha value is -1.98. The van der Waals surface area contributed by atoms with Gasteiger partial charge in [-0.1, -0.05) is 0 Å². The second-order valence-electron chi connectivity index (χ2n) is 7.01. The van der Waals surface area contributed by atoms with E-state index in [1.54, 1.807) is 0 Å². The van der Waals surface area contributed by atoms with Gasteiger partial charge < -0.3 is 31.4 Å². The molecule has 0 aliphatic rings. The second kappa shape index (κ2) is 17.6. The normalized spacial score (nSPS) is 11.1. The summed E-state index contributed by atoms with van der Waals surface area (Å²) in [6.45, 7) is 0. The second-order valence-corrected chi connectivity index (χ2v) is 9.45. The van der Waals surface area contributed by atoms with E-state index in [9.17, 15) is 52.7 Å². The number of nitrogen functional groups attached to an aromatic ring is 3. The van der Waals surface area contributed by atoms with Crippen molar-refractivity contribution in [2.24, 2.45) is 0 Å². The van der Waals surface area contributed by atoms with Crippen LogP contribution in [-0.4, -0.2) is 19.1 Å². The number of halogens is 17. The van der Waals surface area contributed by atoms with E-state index in [0.29, 0.717) is 0 Å². The number of anilines is 3. The van der Waals surface area contributed by atoms with Crippen LogP contribution in [0.5, 0.6) is 17.2 Å². The molecule has 3 aromatic rings. The lowest BCUT2D eigenvalue weighted by molar-refractivity contribution is -0.276. The van der Waals surface area contributed by atoms with E-state index >= 15 is 0 Å². The quantitative estimate of drug-likeness (QED) is 0.137. The van der Waals surface area contributed by atoms with Crippen LogP contribution in [0, 0.1) is 17.5 Å². The summed E-state index contributed by atoms with van der Waals surface area (Å²) in [4.78, 5) is 0. The Morgan fingerprint density at radius 2 is 0.955 bits per heavy atom. The van der Waals surface area contributed by atoms with Crippen LogP contribution in [0.1, 0.15) is 0 Å². The zero-order valence-electron chi connectivity index (χ0n) is 20.3. The first-order valence-electron chi connectivity index (χ1n) is 10.0. The van der Waals surface area contributed by atoms with Gasteiger partial charge in [-0.15, -0.1) is 39.5 Å². The molecule has 0 aliphatic heterocycles. The maximum Gasteiger partial charge on any atom is 0.573 e. The molecule has 0 unspecified atom stereocenters. The SMILES string of the molecule is BrBr.Nc1c(Br)cc(OC(F)(F)F)c(F)c1Br.Nc1ccc(OC(F)(F)F)c(F)c1.Nc1ccc(OC(F)(F)F)c(F)c1Br. The summed E-state index contributed by atoms with van der Waals surface area (Å²) in [5.74, 6) is -6.27. The number of alkyl halides is 9. The molecule has 0 aromatic heterocycles. The first kappa shape index (κ1) is 42.0. The summed E-state index contributed by atoms with van der Waals surface area (Å²) in [6, 6.07) is 5.41. The number of rotatable bonds is 3. The van der Waals surface area contributed by atoms with Crippen LogP contribution >= 0.6 is 76.0 Å². The molecule has 23 heteroatoms. The Balaban J connectivity index is 0.000000614. The van der Waals surface area contributed by atoms with Gasteiger partial charge in [0.1, 0.15) is 0 Å². The van der Waals surface area contributed by atoms with Gasteiger partial charge in [0.15, 0.2) is 34.7 Å². The molecule has 0 saturated heterocycles. The molecule has 3 aromatic carbocycles. The number of hydrogen-bond acceptors (Lipinski definition) is 6. The summed E-state index contributed by atoms with van der Waals surface area (Å²) >= 11 is 13.8. The van der Waals surface area contributed by atoms with Crippen molar-refractivity contribution in [1.29, 1.82) is 0 Å². The maximum atomic E-state index is 13.2. The van der Waals surface area contributed by atoms with Crippen LogP contribution in [0.15, 0.2) is 49.8 Å². The Kier molecular flexibility index (Phi) is 16.9. The highest BCUT2D eigenvalue weighted by molar-refractivity contribution is 9.93. The highest BCUT2D eigenvalue weighted by Gasteiger charge is 2.34. The lowest BCUT2D eigenvalue weighted by Gasteiger charge is -2.12. The van der Waals surface area contributed by atoms with Gasteiger partial charge in [-0.05, 0) is 78.1 Å². The third kappa shape index (κ3) is 15.3. The first-order valence-corrected chi connectivity index (χ1v) is 16.1. The zero-order chi connectivity index (χ0) is 34.8. The van der Waals surface area contributed by atoms with Crippen molar-refractivity contribution < 1.29 is 66.9 Å². The molecule has 44 heavy (non-hydrogen) atoms. The summed E-state index contributed by atoms with van der Waals surface area (Å²) in [5.41, 5.74) is 15.7. The van der Waals surface area contributed by atoms with Gasteiger partial charge in [0.2, 0.25) is 0 Å². The number of benzene rings is 3. The van der Waals surface area contributed by atoms with E-state index in [2.05, 4.69) is 90.3 Å².